The lowest BCUT2D eigenvalue weighted by molar-refractivity contribution is 1.16. The molecule has 0 fully saturated rings. The van der Waals surface area contributed by atoms with E-state index in [1.165, 1.54) is 10.8 Å². The number of rotatable bonds is 5. The quantitative estimate of drug-likeness (QED) is 0.185. The highest BCUT2D eigenvalue weighted by Crippen LogP contribution is 2.36. The molecule has 5 aromatic carbocycles. The Bertz CT molecular complexity index is 2370. The zero-order valence-electron chi connectivity index (χ0n) is 24.5. The molecule has 0 unspecified atom stereocenters. The van der Waals surface area contributed by atoms with Crippen LogP contribution in [0.25, 0.3) is 72.5 Å². The molecule has 6 heteroatoms. The summed E-state index contributed by atoms with van der Waals surface area (Å²) in [5.74, 6) is 0.607. The van der Waals surface area contributed by atoms with Crippen LogP contribution in [-0.4, -0.2) is 19.5 Å². The molecule has 216 valence electrons. The highest BCUT2D eigenvalue weighted by Gasteiger charge is 2.16. The first-order chi connectivity index (χ1) is 22.6. The van der Waals surface area contributed by atoms with Crippen LogP contribution >= 0.6 is 15.9 Å². The van der Waals surface area contributed by atoms with Crippen molar-refractivity contribution in [3.8, 4) is 56.8 Å². The van der Waals surface area contributed by atoms with Crippen LogP contribution in [0.4, 0.5) is 0 Å². The molecule has 0 atom stereocenters. The van der Waals surface area contributed by atoms with Crippen LogP contribution in [0.5, 0.6) is 0 Å². The molecule has 0 amide bonds. The van der Waals surface area contributed by atoms with E-state index in [0.717, 1.165) is 60.4 Å². The van der Waals surface area contributed by atoms with E-state index in [1.807, 2.05) is 42.5 Å². The number of pyridine rings is 1. The van der Waals surface area contributed by atoms with E-state index in [-0.39, 0.29) is 0 Å². The molecule has 0 saturated heterocycles. The van der Waals surface area contributed by atoms with E-state index in [9.17, 15) is 0 Å². The van der Waals surface area contributed by atoms with E-state index < -0.39 is 0 Å². The van der Waals surface area contributed by atoms with Crippen LogP contribution < -0.4 is 0 Å². The third-order valence-corrected chi connectivity index (χ3v) is 8.65. The van der Waals surface area contributed by atoms with E-state index >= 15 is 0 Å². The predicted octanol–water partition coefficient (Wildman–Crippen LogP) is 10.3. The van der Waals surface area contributed by atoms with Gasteiger partial charge in [0.25, 0.3) is 0 Å². The fourth-order valence-electron chi connectivity index (χ4n) is 5.99. The topological polar surface area (TPSA) is 67.4 Å². The second-order valence-electron chi connectivity index (χ2n) is 11.0. The number of benzene rings is 5. The molecular weight excluding hydrogens is 630 g/mol. The minimum atomic E-state index is 0.607. The summed E-state index contributed by atoms with van der Waals surface area (Å²) in [7, 11) is 0. The maximum atomic E-state index is 9.16. The van der Waals surface area contributed by atoms with Crippen LogP contribution in [0.2, 0.25) is 0 Å². The van der Waals surface area contributed by atoms with Gasteiger partial charge in [0.2, 0.25) is 0 Å². The van der Waals surface area contributed by atoms with Gasteiger partial charge in [-0.15, -0.1) is 0 Å². The summed E-state index contributed by atoms with van der Waals surface area (Å²) in [4.78, 5) is 14.4. The summed E-state index contributed by atoms with van der Waals surface area (Å²) >= 11 is 3.81. The number of hydrogen-bond acceptors (Lipinski definition) is 4. The lowest BCUT2D eigenvalue weighted by atomic mass is 10.0. The fourth-order valence-corrected chi connectivity index (χ4v) is 6.47. The molecule has 8 rings (SSSR count). The normalized spacial score (nSPS) is 11.1. The van der Waals surface area contributed by atoms with Gasteiger partial charge in [0.1, 0.15) is 0 Å². The molecule has 5 nitrogen and oxygen atoms in total. The van der Waals surface area contributed by atoms with Crippen LogP contribution in [0, 0.1) is 11.3 Å². The summed E-state index contributed by atoms with van der Waals surface area (Å²) in [6, 6.07) is 47.5. The average Bonchev–Trinajstić information content (AvgIpc) is 3.46. The van der Waals surface area contributed by atoms with Gasteiger partial charge in [-0.3, -0.25) is 4.98 Å². The smallest absolute Gasteiger partial charge is 0.161 e. The van der Waals surface area contributed by atoms with Crippen molar-refractivity contribution in [1.82, 2.24) is 19.5 Å². The Labute approximate surface area is 274 Å². The van der Waals surface area contributed by atoms with Crippen LogP contribution in [0.3, 0.4) is 0 Å². The number of nitrogens with zero attached hydrogens (tertiary/aromatic N) is 5. The van der Waals surface area contributed by atoms with Crippen molar-refractivity contribution in [2.24, 2.45) is 0 Å². The molecule has 0 radical (unpaired) electrons. The zero-order chi connectivity index (χ0) is 31.0. The Balaban J connectivity index is 1.27. The molecule has 3 heterocycles. The molecule has 8 aromatic rings. The predicted molar refractivity (Wildman–Crippen MR) is 188 cm³/mol. The van der Waals surface area contributed by atoms with Crippen molar-refractivity contribution in [3.05, 3.63) is 156 Å². The first-order valence-corrected chi connectivity index (χ1v) is 15.6. The fraction of sp³-hybridized carbons (Fsp3) is 0. The second kappa shape index (κ2) is 11.6. The summed E-state index contributed by atoms with van der Waals surface area (Å²) in [6.07, 6.45) is 3.55. The zero-order valence-corrected chi connectivity index (χ0v) is 26.1. The molecule has 0 spiro atoms. The third-order valence-electron chi connectivity index (χ3n) is 8.19. The Hall–Kier alpha value is -5.90. The van der Waals surface area contributed by atoms with E-state index in [4.69, 9.17) is 15.2 Å². The van der Waals surface area contributed by atoms with Gasteiger partial charge in [-0.1, -0.05) is 88.7 Å². The van der Waals surface area contributed by atoms with Gasteiger partial charge in [-0.05, 0) is 71.8 Å². The molecule has 0 aliphatic carbocycles. The standard InChI is InChI=1S/C40H24BrN5/c41-32-20-31(21-33(22-32)46-38-9-3-1-7-34(38)35-8-2-4-10-39(35)46)37-23-36(44-40(45-37)30-6-5-19-43-25-30)29-17-15-28(16-18-29)27-13-11-26(24-42)12-14-27/h1-23,25H. The van der Waals surface area contributed by atoms with Gasteiger partial charge in [0.05, 0.1) is 34.1 Å². The number of nitriles is 1. The molecule has 3 aromatic heterocycles. The summed E-state index contributed by atoms with van der Waals surface area (Å²) in [5, 5.41) is 11.6. The monoisotopic (exact) mass is 653 g/mol. The number of fused-ring (bicyclic) bond motifs is 3. The summed E-state index contributed by atoms with van der Waals surface area (Å²) in [6.45, 7) is 0. The first kappa shape index (κ1) is 27.6. The maximum Gasteiger partial charge on any atom is 0.161 e. The molecule has 0 N–H and O–H groups in total. The number of aromatic nitrogens is 4. The van der Waals surface area contributed by atoms with E-state index in [1.54, 1.807) is 12.4 Å². The molecule has 0 aliphatic heterocycles. The van der Waals surface area contributed by atoms with E-state index in [2.05, 4.69) is 123 Å². The Morgan fingerprint density at radius 3 is 1.80 bits per heavy atom. The molecule has 0 bridgehead atoms. The number of halogens is 1. The number of hydrogen-bond donors (Lipinski definition) is 0. The summed E-state index contributed by atoms with van der Waals surface area (Å²) < 4.78 is 3.27. The lowest BCUT2D eigenvalue weighted by Crippen LogP contribution is -1.98. The van der Waals surface area contributed by atoms with Crippen molar-refractivity contribution in [1.29, 1.82) is 5.26 Å². The SMILES string of the molecule is N#Cc1ccc(-c2ccc(-c3cc(-c4cc(Br)cc(-n5c6ccccc6c6ccccc65)c4)nc(-c4cccnc4)n3)cc2)cc1. The summed E-state index contributed by atoms with van der Waals surface area (Å²) in [5.41, 5.74) is 10.5. The van der Waals surface area contributed by atoms with Crippen LogP contribution in [-0.2, 0) is 0 Å². The molecule has 46 heavy (non-hydrogen) atoms. The van der Waals surface area contributed by atoms with Crippen LogP contribution in [0.15, 0.2) is 150 Å². The van der Waals surface area contributed by atoms with Crippen molar-refractivity contribution in [3.63, 3.8) is 0 Å². The minimum Gasteiger partial charge on any atom is -0.309 e. The Morgan fingerprint density at radius 2 is 1.17 bits per heavy atom. The highest BCUT2D eigenvalue weighted by molar-refractivity contribution is 9.10. The van der Waals surface area contributed by atoms with Crippen molar-refractivity contribution in [2.75, 3.05) is 0 Å². The third kappa shape index (κ3) is 5.03. The molecule has 0 saturated carbocycles. The van der Waals surface area contributed by atoms with Gasteiger partial charge in [-0.2, -0.15) is 5.26 Å². The highest BCUT2D eigenvalue weighted by atomic mass is 79.9. The van der Waals surface area contributed by atoms with Gasteiger partial charge in [0.15, 0.2) is 5.82 Å². The van der Waals surface area contributed by atoms with Crippen LogP contribution in [0.1, 0.15) is 5.56 Å². The van der Waals surface area contributed by atoms with Crippen molar-refractivity contribution < 1.29 is 0 Å². The Morgan fingerprint density at radius 1 is 0.565 bits per heavy atom. The van der Waals surface area contributed by atoms with Crippen molar-refractivity contribution >= 4 is 37.7 Å². The largest absolute Gasteiger partial charge is 0.309 e. The maximum absolute atomic E-state index is 9.16. The lowest BCUT2D eigenvalue weighted by Gasteiger charge is -2.13. The minimum absolute atomic E-state index is 0.607. The molecular formula is C40H24BrN5. The van der Waals surface area contributed by atoms with E-state index in [0.29, 0.717) is 11.4 Å². The van der Waals surface area contributed by atoms with Gasteiger partial charge >= 0.3 is 0 Å². The van der Waals surface area contributed by atoms with Gasteiger partial charge < -0.3 is 4.57 Å². The Kier molecular flexibility index (Phi) is 6.94. The molecule has 0 aliphatic rings. The van der Waals surface area contributed by atoms with Crippen molar-refractivity contribution in [2.45, 2.75) is 0 Å². The number of para-hydroxylation sites is 2. The first-order valence-electron chi connectivity index (χ1n) is 14.8. The van der Waals surface area contributed by atoms with Gasteiger partial charge in [-0.25, -0.2) is 9.97 Å². The average molecular weight is 655 g/mol. The second-order valence-corrected chi connectivity index (χ2v) is 12.0. The van der Waals surface area contributed by atoms with Gasteiger partial charge in [0, 0.05) is 50.0 Å².